The molecule has 1 aromatic rings. The van der Waals surface area contributed by atoms with Crippen LogP contribution in [0.15, 0.2) is 12.1 Å². The van der Waals surface area contributed by atoms with E-state index in [2.05, 4.69) is 4.98 Å². The zero-order valence-electron chi connectivity index (χ0n) is 7.50. The van der Waals surface area contributed by atoms with Gasteiger partial charge in [0.1, 0.15) is 0 Å². The Balaban J connectivity index is 2.99. The van der Waals surface area contributed by atoms with E-state index < -0.39 is 5.43 Å². The third-order valence-electron chi connectivity index (χ3n) is 1.60. The van der Waals surface area contributed by atoms with Crippen molar-refractivity contribution >= 4 is 17.0 Å². The Bertz CT molecular complexity index is 325. The van der Waals surface area contributed by atoms with Gasteiger partial charge >= 0.3 is 5.43 Å². The highest BCUT2D eigenvalue weighted by atomic mass is 35.5. The number of carbonyl (C=O) groups excluding carboxylic acids is 1. The van der Waals surface area contributed by atoms with Crippen molar-refractivity contribution in [1.29, 1.82) is 0 Å². The molecule has 0 unspecified atom stereocenters. The fourth-order valence-corrected chi connectivity index (χ4v) is 1.11. The lowest BCUT2D eigenvalue weighted by Crippen LogP contribution is -2.01. The van der Waals surface area contributed by atoms with Crippen molar-refractivity contribution in [2.24, 2.45) is 0 Å². The number of hydrogen-bond acceptors (Lipinski definition) is 3. The molecule has 13 heavy (non-hydrogen) atoms. The van der Waals surface area contributed by atoms with Crippen LogP contribution in [0.4, 0.5) is 4.79 Å². The topological polar surface area (TPSA) is 39.2 Å². The number of halogens is 1. The van der Waals surface area contributed by atoms with Crippen LogP contribution in [0.2, 0.25) is 0 Å². The van der Waals surface area contributed by atoms with E-state index in [0.29, 0.717) is 12.2 Å². The Morgan fingerprint density at radius 2 is 2.31 bits per heavy atom. The summed E-state index contributed by atoms with van der Waals surface area (Å²) in [6.07, 6.45) is 0.710. The Labute approximate surface area is 81.7 Å². The number of pyridine rings is 1. The minimum absolute atomic E-state index is 0.438. The number of hydrogen-bond donors (Lipinski definition) is 0. The van der Waals surface area contributed by atoms with Gasteiger partial charge in [-0.25, -0.2) is 4.79 Å². The van der Waals surface area contributed by atoms with Gasteiger partial charge in [0.15, 0.2) is 5.75 Å². The largest absolute Gasteiger partial charge is 0.413 e. The number of rotatable bonds is 2. The van der Waals surface area contributed by atoms with E-state index in [4.69, 9.17) is 16.3 Å². The zero-order chi connectivity index (χ0) is 9.84. The first-order valence-corrected chi connectivity index (χ1v) is 4.35. The van der Waals surface area contributed by atoms with E-state index in [1.54, 1.807) is 12.1 Å². The van der Waals surface area contributed by atoms with E-state index >= 15 is 0 Å². The van der Waals surface area contributed by atoms with Gasteiger partial charge in [-0.15, -0.1) is 0 Å². The molecule has 0 saturated carbocycles. The first kappa shape index (κ1) is 9.99. The molecule has 0 aliphatic carbocycles. The molecule has 3 nitrogen and oxygen atoms in total. The molecule has 0 atom stereocenters. The standard InChI is InChI=1S/C9H10ClNO2/c1-3-7-8(13-9(10)12)5-4-6(2)11-7/h4-5H,3H2,1-2H3. The number of nitrogens with zero attached hydrogens (tertiary/aromatic N) is 1. The molecule has 70 valence electrons. The monoisotopic (exact) mass is 199 g/mol. The van der Waals surface area contributed by atoms with Crippen LogP contribution in [-0.4, -0.2) is 10.4 Å². The van der Waals surface area contributed by atoms with Gasteiger partial charge in [-0.1, -0.05) is 6.92 Å². The summed E-state index contributed by atoms with van der Waals surface area (Å²) in [5.41, 5.74) is 0.806. The first-order chi connectivity index (χ1) is 6.13. The Kier molecular flexibility index (Phi) is 3.25. The third-order valence-corrected chi connectivity index (χ3v) is 1.67. The number of aromatic nitrogens is 1. The minimum Gasteiger partial charge on any atom is -0.413 e. The molecular formula is C9H10ClNO2. The number of carbonyl (C=O) groups is 1. The van der Waals surface area contributed by atoms with Crippen molar-refractivity contribution in [3.05, 3.63) is 23.5 Å². The van der Waals surface area contributed by atoms with Crippen molar-refractivity contribution < 1.29 is 9.53 Å². The maximum atomic E-state index is 10.5. The van der Waals surface area contributed by atoms with Crippen molar-refractivity contribution in [1.82, 2.24) is 4.98 Å². The highest BCUT2D eigenvalue weighted by molar-refractivity contribution is 6.61. The quantitative estimate of drug-likeness (QED) is 0.688. The second kappa shape index (κ2) is 4.23. The average Bonchev–Trinajstić information content (AvgIpc) is 2.07. The molecule has 0 amide bonds. The van der Waals surface area contributed by atoms with E-state index in [0.717, 1.165) is 11.4 Å². The normalized spacial score (nSPS) is 9.77. The van der Waals surface area contributed by atoms with Crippen LogP contribution in [0.5, 0.6) is 5.75 Å². The maximum absolute atomic E-state index is 10.5. The predicted octanol–water partition coefficient (Wildman–Crippen LogP) is 2.69. The summed E-state index contributed by atoms with van der Waals surface area (Å²) in [4.78, 5) is 14.7. The minimum atomic E-state index is -0.833. The molecule has 0 aromatic carbocycles. The van der Waals surface area contributed by atoms with E-state index in [1.807, 2.05) is 13.8 Å². The highest BCUT2D eigenvalue weighted by Gasteiger charge is 2.06. The Hall–Kier alpha value is -1.09. The SMILES string of the molecule is CCc1nc(C)ccc1OC(=O)Cl. The van der Waals surface area contributed by atoms with Crippen LogP contribution in [0, 0.1) is 6.92 Å². The smallest absolute Gasteiger partial charge is 0.409 e. The van der Waals surface area contributed by atoms with Gasteiger partial charge in [0.25, 0.3) is 0 Å². The second-order valence-electron chi connectivity index (χ2n) is 2.59. The van der Waals surface area contributed by atoms with Crippen LogP contribution in [0.3, 0.4) is 0 Å². The van der Waals surface area contributed by atoms with E-state index in [1.165, 1.54) is 0 Å². The van der Waals surface area contributed by atoms with Gasteiger partial charge in [0.2, 0.25) is 0 Å². The summed E-state index contributed by atoms with van der Waals surface area (Å²) in [7, 11) is 0. The summed E-state index contributed by atoms with van der Waals surface area (Å²) >= 11 is 5.09. The lowest BCUT2D eigenvalue weighted by Gasteiger charge is -2.05. The van der Waals surface area contributed by atoms with Crippen molar-refractivity contribution in [2.45, 2.75) is 20.3 Å². The van der Waals surface area contributed by atoms with Gasteiger partial charge in [-0.2, -0.15) is 0 Å². The van der Waals surface area contributed by atoms with Crippen LogP contribution in [-0.2, 0) is 6.42 Å². The molecule has 0 bridgehead atoms. The first-order valence-electron chi connectivity index (χ1n) is 3.97. The van der Waals surface area contributed by atoms with Gasteiger partial charge in [0.05, 0.1) is 5.69 Å². The van der Waals surface area contributed by atoms with Gasteiger partial charge < -0.3 is 4.74 Å². The molecule has 1 heterocycles. The van der Waals surface area contributed by atoms with E-state index in [-0.39, 0.29) is 0 Å². The van der Waals surface area contributed by atoms with Gasteiger partial charge in [-0.3, -0.25) is 4.98 Å². The van der Waals surface area contributed by atoms with Gasteiger partial charge in [-0.05, 0) is 25.5 Å². The molecule has 0 aliphatic heterocycles. The fourth-order valence-electron chi connectivity index (χ4n) is 1.03. The zero-order valence-corrected chi connectivity index (χ0v) is 8.26. The maximum Gasteiger partial charge on any atom is 0.409 e. The predicted molar refractivity (Wildman–Crippen MR) is 50.2 cm³/mol. The lowest BCUT2D eigenvalue weighted by molar-refractivity contribution is 0.225. The Morgan fingerprint density at radius 1 is 1.62 bits per heavy atom. The van der Waals surface area contributed by atoms with Crippen LogP contribution in [0.1, 0.15) is 18.3 Å². The summed E-state index contributed by atoms with van der Waals surface area (Å²) in [5.74, 6) is 0.438. The molecule has 1 rings (SSSR count). The summed E-state index contributed by atoms with van der Waals surface area (Å²) < 4.78 is 4.76. The molecule has 1 aromatic heterocycles. The van der Waals surface area contributed by atoms with Crippen molar-refractivity contribution in [3.8, 4) is 5.75 Å². The van der Waals surface area contributed by atoms with Crippen LogP contribution >= 0.6 is 11.6 Å². The third kappa shape index (κ3) is 2.70. The molecule has 0 N–H and O–H groups in total. The fraction of sp³-hybridized carbons (Fsp3) is 0.333. The molecule has 4 heteroatoms. The molecule has 0 saturated heterocycles. The second-order valence-corrected chi connectivity index (χ2v) is 2.90. The lowest BCUT2D eigenvalue weighted by atomic mass is 10.2. The van der Waals surface area contributed by atoms with Gasteiger partial charge in [0, 0.05) is 17.3 Å². The number of aryl methyl sites for hydroxylation is 2. The van der Waals surface area contributed by atoms with Crippen molar-refractivity contribution in [2.75, 3.05) is 0 Å². The summed E-state index contributed by atoms with van der Waals surface area (Å²) in [5, 5.41) is 0. The average molecular weight is 200 g/mol. The molecule has 0 spiro atoms. The van der Waals surface area contributed by atoms with E-state index in [9.17, 15) is 4.79 Å². The Morgan fingerprint density at radius 3 is 2.85 bits per heavy atom. The van der Waals surface area contributed by atoms with Crippen molar-refractivity contribution in [3.63, 3.8) is 0 Å². The molecule has 0 aliphatic rings. The van der Waals surface area contributed by atoms with Crippen LogP contribution in [0.25, 0.3) is 0 Å². The molecule has 0 fully saturated rings. The molecule has 0 radical (unpaired) electrons. The highest BCUT2D eigenvalue weighted by Crippen LogP contribution is 2.18. The summed E-state index contributed by atoms with van der Waals surface area (Å²) in [6, 6.07) is 3.47. The summed E-state index contributed by atoms with van der Waals surface area (Å²) in [6.45, 7) is 3.82. The molecular weight excluding hydrogens is 190 g/mol. The van der Waals surface area contributed by atoms with Crippen LogP contribution < -0.4 is 4.74 Å². The number of ether oxygens (including phenoxy) is 1.